The second kappa shape index (κ2) is 7.73. The Morgan fingerprint density at radius 2 is 1.77 bits per heavy atom. The maximum Gasteiger partial charge on any atom is 0.243 e. The number of nitrogens with zero attached hydrogens (tertiary/aromatic N) is 2. The van der Waals surface area contributed by atoms with E-state index in [1.54, 1.807) is 28.6 Å². The van der Waals surface area contributed by atoms with Gasteiger partial charge >= 0.3 is 0 Å². The summed E-state index contributed by atoms with van der Waals surface area (Å²) in [5.74, 6) is 0.183. The Morgan fingerprint density at radius 1 is 1.12 bits per heavy atom. The summed E-state index contributed by atoms with van der Waals surface area (Å²) in [6.07, 6.45) is 1.47. The van der Waals surface area contributed by atoms with E-state index in [1.165, 1.54) is 0 Å². The monoisotopic (exact) mass is 375 g/mol. The molecule has 0 radical (unpaired) electrons. The van der Waals surface area contributed by atoms with Gasteiger partial charge < -0.3 is 10.4 Å². The molecule has 2 aromatic rings. The van der Waals surface area contributed by atoms with E-state index in [-0.39, 0.29) is 11.8 Å². The molecule has 140 valence electrons. The van der Waals surface area contributed by atoms with Gasteiger partial charge in [0.05, 0.1) is 10.6 Å². The Balaban J connectivity index is 1.57. The molecule has 0 aliphatic carbocycles. The maximum atomic E-state index is 12.7. The third-order valence-corrected chi connectivity index (χ3v) is 6.67. The van der Waals surface area contributed by atoms with Crippen molar-refractivity contribution in [2.45, 2.75) is 44.2 Å². The van der Waals surface area contributed by atoms with Crippen molar-refractivity contribution >= 4 is 10.0 Å². The van der Waals surface area contributed by atoms with Gasteiger partial charge in [-0.2, -0.15) is 4.31 Å². The van der Waals surface area contributed by atoms with Gasteiger partial charge in [0.25, 0.3) is 0 Å². The van der Waals surface area contributed by atoms with Crippen molar-refractivity contribution in [3.05, 3.63) is 53.3 Å². The molecule has 0 amide bonds. The van der Waals surface area contributed by atoms with Crippen LogP contribution in [0.15, 0.2) is 41.3 Å². The van der Waals surface area contributed by atoms with Crippen LogP contribution in [0.25, 0.3) is 0 Å². The Labute approximate surface area is 154 Å². The number of benzene rings is 1. The van der Waals surface area contributed by atoms with Crippen LogP contribution in [0.3, 0.4) is 0 Å². The van der Waals surface area contributed by atoms with E-state index in [4.69, 9.17) is 0 Å². The number of aromatic hydroxyl groups is 1. The lowest BCUT2D eigenvalue weighted by Crippen LogP contribution is -2.44. The van der Waals surface area contributed by atoms with Crippen molar-refractivity contribution in [2.75, 3.05) is 13.1 Å². The predicted molar refractivity (Wildman–Crippen MR) is 100 cm³/mol. The van der Waals surface area contributed by atoms with Crippen LogP contribution in [-0.4, -0.2) is 41.9 Å². The highest BCUT2D eigenvalue weighted by Gasteiger charge is 2.29. The van der Waals surface area contributed by atoms with E-state index in [9.17, 15) is 13.5 Å². The number of sulfonamides is 1. The molecule has 3 rings (SSSR count). The Bertz CT molecular complexity index is 858. The van der Waals surface area contributed by atoms with Crippen LogP contribution in [0.4, 0.5) is 0 Å². The Morgan fingerprint density at radius 3 is 2.42 bits per heavy atom. The zero-order chi connectivity index (χ0) is 18.7. The molecule has 1 aromatic carbocycles. The molecule has 1 aliphatic rings. The summed E-state index contributed by atoms with van der Waals surface area (Å²) in [6, 6.07) is 10.6. The molecule has 1 fully saturated rings. The van der Waals surface area contributed by atoms with Crippen LogP contribution in [0.2, 0.25) is 0 Å². The summed E-state index contributed by atoms with van der Waals surface area (Å²) in [7, 11) is -3.43. The van der Waals surface area contributed by atoms with Gasteiger partial charge in [0, 0.05) is 31.4 Å². The molecule has 0 bridgehead atoms. The van der Waals surface area contributed by atoms with Crippen molar-refractivity contribution in [1.29, 1.82) is 0 Å². The van der Waals surface area contributed by atoms with Gasteiger partial charge in [0.1, 0.15) is 5.75 Å². The minimum atomic E-state index is -3.43. The van der Waals surface area contributed by atoms with Crippen molar-refractivity contribution in [2.24, 2.45) is 0 Å². The van der Waals surface area contributed by atoms with Crippen molar-refractivity contribution in [3.63, 3.8) is 0 Å². The van der Waals surface area contributed by atoms with Crippen LogP contribution in [0, 0.1) is 13.8 Å². The number of aryl methyl sites for hydroxylation is 2. The van der Waals surface area contributed by atoms with Crippen LogP contribution >= 0.6 is 0 Å². The van der Waals surface area contributed by atoms with Crippen molar-refractivity contribution in [1.82, 2.24) is 14.6 Å². The first kappa shape index (κ1) is 18.8. The molecule has 0 spiro atoms. The number of piperidine rings is 1. The Hall–Kier alpha value is -1.96. The lowest BCUT2D eigenvalue weighted by molar-refractivity contribution is 0.287. The standard InChI is InChI=1S/C19H25N3O3S/c1-14-3-6-17(7-4-14)26(24,25)22-11-9-16(10-12-22)20-13-18-19(23)8-5-15(2)21-18/h3-8,16,20,23H,9-13H2,1-2H3. The molecule has 1 aliphatic heterocycles. The molecule has 2 heterocycles. The third-order valence-electron chi connectivity index (χ3n) is 4.76. The normalized spacial score (nSPS) is 16.7. The zero-order valence-electron chi connectivity index (χ0n) is 15.1. The molecule has 26 heavy (non-hydrogen) atoms. The smallest absolute Gasteiger partial charge is 0.243 e. The molecular formula is C19H25N3O3S. The molecule has 0 saturated carbocycles. The van der Waals surface area contributed by atoms with E-state index in [0.717, 1.165) is 24.1 Å². The molecular weight excluding hydrogens is 350 g/mol. The van der Waals surface area contributed by atoms with Crippen LogP contribution in [-0.2, 0) is 16.6 Å². The van der Waals surface area contributed by atoms with E-state index >= 15 is 0 Å². The van der Waals surface area contributed by atoms with Crippen molar-refractivity contribution < 1.29 is 13.5 Å². The van der Waals surface area contributed by atoms with E-state index < -0.39 is 10.0 Å². The Kier molecular flexibility index (Phi) is 5.60. The quantitative estimate of drug-likeness (QED) is 0.838. The SMILES string of the molecule is Cc1ccc(S(=O)(=O)N2CCC(NCc3nc(C)ccc3O)CC2)cc1. The molecule has 0 unspecified atom stereocenters. The van der Waals surface area contributed by atoms with Crippen LogP contribution in [0.5, 0.6) is 5.75 Å². The second-order valence-corrected chi connectivity index (χ2v) is 8.73. The molecule has 1 saturated heterocycles. The van der Waals surface area contributed by atoms with Gasteiger partial charge in [-0.05, 0) is 51.0 Å². The topological polar surface area (TPSA) is 82.5 Å². The molecule has 2 N–H and O–H groups in total. The summed E-state index contributed by atoms with van der Waals surface area (Å²) >= 11 is 0. The first-order chi connectivity index (χ1) is 12.4. The highest BCUT2D eigenvalue weighted by atomic mass is 32.2. The van der Waals surface area contributed by atoms with E-state index in [2.05, 4.69) is 10.3 Å². The van der Waals surface area contributed by atoms with Gasteiger partial charge in [-0.3, -0.25) is 4.98 Å². The first-order valence-electron chi connectivity index (χ1n) is 8.82. The van der Waals surface area contributed by atoms with E-state index in [0.29, 0.717) is 30.2 Å². The largest absolute Gasteiger partial charge is 0.506 e. The van der Waals surface area contributed by atoms with Gasteiger partial charge in [-0.25, -0.2) is 8.42 Å². The zero-order valence-corrected chi connectivity index (χ0v) is 16.0. The average molecular weight is 375 g/mol. The van der Waals surface area contributed by atoms with Gasteiger partial charge in [0.2, 0.25) is 10.0 Å². The lowest BCUT2D eigenvalue weighted by Gasteiger charge is -2.31. The highest BCUT2D eigenvalue weighted by molar-refractivity contribution is 7.89. The fourth-order valence-electron chi connectivity index (χ4n) is 3.13. The molecule has 1 aromatic heterocycles. The maximum absolute atomic E-state index is 12.7. The average Bonchev–Trinajstić information content (AvgIpc) is 2.63. The van der Waals surface area contributed by atoms with Gasteiger partial charge in [-0.1, -0.05) is 17.7 Å². The number of hydrogen-bond donors (Lipinski definition) is 2. The second-order valence-electron chi connectivity index (χ2n) is 6.79. The molecule has 7 heteroatoms. The number of rotatable bonds is 5. The van der Waals surface area contributed by atoms with Crippen molar-refractivity contribution in [3.8, 4) is 5.75 Å². The fourth-order valence-corrected chi connectivity index (χ4v) is 4.60. The predicted octanol–water partition coefficient (Wildman–Crippen LogP) is 2.35. The summed E-state index contributed by atoms with van der Waals surface area (Å²) < 4.78 is 27.0. The summed E-state index contributed by atoms with van der Waals surface area (Å²) in [6.45, 7) is 5.27. The highest BCUT2D eigenvalue weighted by Crippen LogP contribution is 2.22. The van der Waals surface area contributed by atoms with E-state index in [1.807, 2.05) is 26.0 Å². The minimum Gasteiger partial charge on any atom is -0.506 e. The number of pyridine rings is 1. The molecule has 0 atom stereocenters. The summed E-state index contributed by atoms with van der Waals surface area (Å²) in [4.78, 5) is 4.69. The summed E-state index contributed by atoms with van der Waals surface area (Å²) in [5, 5.41) is 13.2. The minimum absolute atomic E-state index is 0.183. The molecule has 6 nitrogen and oxygen atoms in total. The van der Waals surface area contributed by atoms with Gasteiger partial charge in [0.15, 0.2) is 0 Å². The first-order valence-corrected chi connectivity index (χ1v) is 10.3. The lowest BCUT2D eigenvalue weighted by atomic mass is 10.1. The number of nitrogens with one attached hydrogen (secondary N) is 1. The van der Waals surface area contributed by atoms with Crippen LogP contribution < -0.4 is 5.32 Å². The van der Waals surface area contributed by atoms with Gasteiger partial charge in [-0.15, -0.1) is 0 Å². The number of aromatic nitrogens is 1. The summed E-state index contributed by atoms with van der Waals surface area (Å²) in [5.41, 5.74) is 2.53. The fraction of sp³-hybridized carbons (Fsp3) is 0.421. The number of hydrogen-bond acceptors (Lipinski definition) is 5. The van der Waals surface area contributed by atoms with Crippen LogP contribution in [0.1, 0.15) is 29.8 Å². The third kappa shape index (κ3) is 4.23.